The molecule has 104 valence electrons. The van der Waals surface area contributed by atoms with Crippen LogP contribution < -0.4 is 5.32 Å². The fourth-order valence-corrected chi connectivity index (χ4v) is 1.76. The molecule has 0 aliphatic rings. The summed E-state index contributed by atoms with van der Waals surface area (Å²) in [5.41, 5.74) is 0.118. The van der Waals surface area contributed by atoms with E-state index in [0.29, 0.717) is 5.56 Å². The number of halogens is 1. The summed E-state index contributed by atoms with van der Waals surface area (Å²) < 4.78 is 0. The molecule has 0 aliphatic heterocycles. The van der Waals surface area contributed by atoms with Crippen LogP contribution in [0.1, 0.15) is 15.9 Å². The van der Waals surface area contributed by atoms with E-state index < -0.39 is 10.8 Å². The number of nitrogens with zero attached hydrogens (tertiary/aromatic N) is 3. The van der Waals surface area contributed by atoms with Crippen LogP contribution in [0.3, 0.4) is 0 Å². The molecule has 0 radical (unpaired) electrons. The van der Waals surface area contributed by atoms with Crippen molar-refractivity contribution in [1.29, 1.82) is 5.26 Å². The highest BCUT2D eigenvalue weighted by molar-refractivity contribution is 6.31. The Hall–Kier alpha value is -2.98. The predicted molar refractivity (Wildman–Crippen MR) is 75.0 cm³/mol. The minimum Gasteiger partial charge on any atom is -0.307 e. The number of hydrogen-bond acceptors (Lipinski definition) is 5. The van der Waals surface area contributed by atoms with E-state index in [1.807, 2.05) is 6.07 Å². The fraction of sp³-hybridized carbons (Fsp3) is 0. The van der Waals surface area contributed by atoms with Crippen LogP contribution in [-0.2, 0) is 0 Å². The van der Waals surface area contributed by atoms with E-state index in [-0.39, 0.29) is 22.1 Å². The Morgan fingerprint density at radius 3 is 2.71 bits per heavy atom. The summed E-state index contributed by atoms with van der Waals surface area (Å²) in [5.74, 6) is -0.362. The zero-order valence-electron chi connectivity index (χ0n) is 10.4. The summed E-state index contributed by atoms with van der Waals surface area (Å²) in [5, 5.41) is 21.9. The highest BCUT2D eigenvalue weighted by Gasteiger charge is 2.14. The number of nitrogens with one attached hydrogen (secondary N) is 1. The lowest BCUT2D eigenvalue weighted by Crippen LogP contribution is -2.13. The summed E-state index contributed by atoms with van der Waals surface area (Å²) in [7, 11) is 0. The number of nitro groups is 1. The number of nitro benzene ring substituents is 1. The van der Waals surface area contributed by atoms with Crippen LogP contribution in [0, 0.1) is 21.4 Å². The van der Waals surface area contributed by atoms with Crippen LogP contribution >= 0.6 is 11.6 Å². The van der Waals surface area contributed by atoms with Gasteiger partial charge in [0.15, 0.2) is 0 Å². The van der Waals surface area contributed by atoms with Gasteiger partial charge in [-0.05, 0) is 18.2 Å². The molecule has 7 nitrogen and oxygen atoms in total. The number of benzene rings is 1. The number of aromatic nitrogens is 1. The van der Waals surface area contributed by atoms with Gasteiger partial charge in [-0.2, -0.15) is 5.26 Å². The minimum absolute atomic E-state index is 0.0420. The molecule has 0 aliphatic carbocycles. The van der Waals surface area contributed by atoms with Crippen molar-refractivity contribution in [2.75, 3.05) is 5.32 Å². The maximum atomic E-state index is 12.0. The molecule has 0 atom stereocenters. The summed E-state index contributed by atoms with van der Waals surface area (Å²) in [6, 6.07) is 8.42. The second kappa shape index (κ2) is 5.98. The van der Waals surface area contributed by atoms with Crippen molar-refractivity contribution in [2.45, 2.75) is 0 Å². The van der Waals surface area contributed by atoms with Crippen LogP contribution in [0.15, 0.2) is 36.5 Å². The maximum absolute atomic E-state index is 12.0. The Bertz CT molecular complexity index is 753. The van der Waals surface area contributed by atoms with E-state index in [4.69, 9.17) is 16.9 Å². The summed E-state index contributed by atoms with van der Waals surface area (Å²) in [4.78, 5) is 26.0. The van der Waals surface area contributed by atoms with Gasteiger partial charge < -0.3 is 5.32 Å². The first kappa shape index (κ1) is 14.4. The molecule has 1 heterocycles. The van der Waals surface area contributed by atoms with Gasteiger partial charge in [0, 0.05) is 28.9 Å². The van der Waals surface area contributed by atoms with Crippen molar-refractivity contribution in [3.05, 3.63) is 62.8 Å². The lowest BCUT2D eigenvalue weighted by Gasteiger charge is -2.05. The molecule has 0 unspecified atom stereocenters. The van der Waals surface area contributed by atoms with E-state index >= 15 is 0 Å². The molecular weight excluding hydrogens is 296 g/mol. The quantitative estimate of drug-likeness (QED) is 0.692. The average molecular weight is 303 g/mol. The largest absolute Gasteiger partial charge is 0.307 e. The number of rotatable bonds is 3. The van der Waals surface area contributed by atoms with Crippen LogP contribution in [-0.4, -0.2) is 15.8 Å². The van der Waals surface area contributed by atoms with E-state index in [1.54, 1.807) is 0 Å². The zero-order valence-corrected chi connectivity index (χ0v) is 11.2. The third kappa shape index (κ3) is 3.52. The molecule has 1 amide bonds. The molecule has 0 saturated carbocycles. The Labute approximate surface area is 123 Å². The Morgan fingerprint density at radius 1 is 1.38 bits per heavy atom. The first-order chi connectivity index (χ1) is 9.99. The fourth-order valence-electron chi connectivity index (χ4n) is 1.53. The third-order valence-corrected chi connectivity index (χ3v) is 2.71. The van der Waals surface area contributed by atoms with Gasteiger partial charge in [0.2, 0.25) is 0 Å². The number of nitriles is 1. The second-order valence-corrected chi connectivity index (χ2v) is 4.39. The van der Waals surface area contributed by atoms with E-state index in [0.717, 1.165) is 12.1 Å². The lowest BCUT2D eigenvalue weighted by atomic mass is 10.2. The third-order valence-electron chi connectivity index (χ3n) is 2.49. The van der Waals surface area contributed by atoms with Crippen molar-refractivity contribution in [2.24, 2.45) is 0 Å². The molecule has 2 aromatic rings. The highest BCUT2D eigenvalue weighted by atomic mass is 35.5. The normalized spacial score (nSPS) is 9.71. The number of carbonyl (C=O) groups excluding carboxylic acids is 1. The van der Waals surface area contributed by atoms with Gasteiger partial charge >= 0.3 is 0 Å². The number of carbonyl (C=O) groups is 1. The molecule has 1 N–H and O–H groups in total. The molecule has 1 aromatic carbocycles. The van der Waals surface area contributed by atoms with Crippen LogP contribution in [0.2, 0.25) is 5.02 Å². The number of non-ortho nitro benzene ring substituents is 1. The SMILES string of the molecule is N#Cc1ccc(NC(=O)c2cc(Cl)cc([N+](=O)[O-])c2)nc1. The standard InChI is InChI=1S/C13H7ClN4O3/c14-10-3-9(4-11(5-10)18(20)21)13(19)17-12-2-1-8(6-15)7-16-12/h1-5,7H,(H,16,17,19). The summed E-state index contributed by atoms with van der Waals surface area (Å²) >= 11 is 5.74. The topological polar surface area (TPSA) is 109 Å². The summed E-state index contributed by atoms with van der Waals surface area (Å²) in [6.45, 7) is 0. The number of anilines is 1. The Kier molecular flexibility index (Phi) is 4.11. The van der Waals surface area contributed by atoms with Gasteiger partial charge in [0.1, 0.15) is 11.9 Å². The molecule has 8 heteroatoms. The molecular formula is C13H7ClN4O3. The van der Waals surface area contributed by atoms with Gasteiger partial charge in [-0.15, -0.1) is 0 Å². The van der Waals surface area contributed by atoms with Crippen molar-refractivity contribution >= 4 is 29.0 Å². The Morgan fingerprint density at radius 2 is 2.14 bits per heavy atom. The van der Waals surface area contributed by atoms with Gasteiger partial charge in [-0.25, -0.2) is 4.98 Å². The highest BCUT2D eigenvalue weighted by Crippen LogP contribution is 2.21. The van der Waals surface area contributed by atoms with E-state index in [2.05, 4.69) is 10.3 Å². The Balaban J connectivity index is 2.23. The molecule has 2 rings (SSSR count). The smallest absolute Gasteiger partial charge is 0.271 e. The van der Waals surface area contributed by atoms with E-state index in [9.17, 15) is 14.9 Å². The van der Waals surface area contributed by atoms with Crippen LogP contribution in [0.5, 0.6) is 0 Å². The van der Waals surface area contributed by atoms with Gasteiger partial charge in [0.05, 0.1) is 10.5 Å². The van der Waals surface area contributed by atoms with E-state index in [1.165, 1.54) is 24.4 Å². The molecule has 0 fully saturated rings. The first-order valence-corrected chi connectivity index (χ1v) is 6.00. The molecule has 1 aromatic heterocycles. The van der Waals surface area contributed by atoms with Crippen molar-refractivity contribution in [3.63, 3.8) is 0 Å². The van der Waals surface area contributed by atoms with Gasteiger partial charge in [-0.1, -0.05) is 11.6 Å². The molecule has 21 heavy (non-hydrogen) atoms. The second-order valence-electron chi connectivity index (χ2n) is 3.95. The molecule has 0 saturated heterocycles. The molecule has 0 bridgehead atoms. The van der Waals surface area contributed by atoms with Crippen molar-refractivity contribution in [1.82, 2.24) is 4.98 Å². The maximum Gasteiger partial charge on any atom is 0.271 e. The zero-order chi connectivity index (χ0) is 15.4. The lowest BCUT2D eigenvalue weighted by molar-refractivity contribution is -0.384. The van der Waals surface area contributed by atoms with Crippen LogP contribution in [0.4, 0.5) is 11.5 Å². The number of hydrogen-bond donors (Lipinski definition) is 1. The number of pyridine rings is 1. The first-order valence-electron chi connectivity index (χ1n) is 5.62. The monoisotopic (exact) mass is 302 g/mol. The average Bonchev–Trinajstić information content (AvgIpc) is 2.47. The van der Waals surface area contributed by atoms with Crippen molar-refractivity contribution < 1.29 is 9.72 Å². The minimum atomic E-state index is -0.636. The van der Waals surface area contributed by atoms with Gasteiger partial charge in [0.25, 0.3) is 11.6 Å². The summed E-state index contributed by atoms with van der Waals surface area (Å²) in [6.07, 6.45) is 1.30. The molecule has 0 spiro atoms. The number of amides is 1. The predicted octanol–water partition coefficient (Wildman–Crippen LogP) is 2.77. The van der Waals surface area contributed by atoms with Crippen LogP contribution in [0.25, 0.3) is 0 Å². The van der Waals surface area contributed by atoms with Crippen molar-refractivity contribution in [3.8, 4) is 6.07 Å². The van der Waals surface area contributed by atoms with Gasteiger partial charge in [-0.3, -0.25) is 14.9 Å².